The molecule has 0 radical (unpaired) electrons. The minimum Gasteiger partial charge on any atom is -0.354 e. The van der Waals surface area contributed by atoms with Gasteiger partial charge in [-0.3, -0.25) is 4.98 Å². The van der Waals surface area contributed by atoms with Crippen molar-refractivity contribution in [2.75, 3.05) is 5.32 Å². The number of carbonyl (C=O) groups is 1. The van der Waals surface area contributed by atoms with Gasteiger partial charge in [-0.25, -0.2) is 17.9 Å². The molecule has 2 rings (SSSR count). The standard InChI is InChI=1S/C17H19F3N4O3S/c1-11(2)22-16(25)24-28(26,27)15-10-21-7-6-14(15)23-13-5-3-4-12(8-13)9-17(18,19)20/h3-8,10-11H,9H2,1-2H3,(H,21,23)(H2,22,24,25). The minimum absolute atomic E-state index is 0.0189. The second kappa shape index (κ2) is 8.46. The van der Waals surface area contributed by atoms with E-state index in [0.29, 0.717) is 0 Å². The molecule has 1 heterocycles. The van der Waals surface area contributed by atoms with Gasteiger partial charge in [0.25, 0.3) is 10.0 Å². The lowest BCUT2D eigenvalue weighted by atomic mass is 10.1. The number of rotatable bonds is 6. The van der Waals surface area contributed by atoms with Crippen LogP contribution in [0.1, 0.15) is 19.4 Å². The maximum absolute atomic E-state index is 12.6. The highest BCUT2D eigenvalue weighted by atomic mass is 32.2. The predicted molar refractivity (Wildman–Crippen MR) is 97.7 cm³/mol. The van der Waals surface area contributed by atoms with Crippen LogP contribution >= 0.6 is 0 Å². The first kappa shape index (κ1) is 21.5. The molecule has 152 valence electrons. The number of benzene rings is 1. The van der Waals surface area contributed by atoms with Gasteiger partial charge in [-0.1, -0.05) is 12.1 Å². The van der Waals surface area contributed by atoms with Crippen LogP contribution in [0.15, 0.2) is 47.6 Å². The van der Waals surface area contributed by atoms with Crippen LogP contribution in [0.2, 0.25) is 0 Å². The third-order valence-electron chi connectivity index (χ3n) is 3.33. The first-order valence-corrected chi connectivity index (χ1v) is 9.64. The molecule has 0 aliphatic heterocycles. The second-order valence-electron chi connectivity index (χ2n) is 6.22. The maximum atomic E-state index is 12.6. The first-order chi connectivity index (χ1) is 13.0. The lowest BCUT2D eigenvalue weighted by Gasteiger charge is -2.15. The molecule has 0 atom stereocenters. The summed E-state index contributed by atoms with van der Waals surface area (Å²) in [4.78, 5) is 15.2. The number of pyridine rings is 1. The number of nitrogens with one attached hydrogen (secondary N) is 3. The lowest BCUT2D eigenvalue weighted by Crippen LogP contribution is -2.42. The smallest absolute Gasteiger partial charge is 0.354 e. The number of aromatic nitrogens is 1. The Bertz CT molecular complexity index is 947. The Morgan fingerprint density at radius 2 is 1.93 bits per heavy atom. The molecule has 3 N–H and O–H groups in total. The van der Waals surface area contributed by atoms with Crippen LogP contribution in [0.3, 0.4) is 0 Å². The summed E-state index contributed by atoms with van der Waals surface area (Å²) in [6.07, 6.45) is -3.12. The van der Waals surface area contributed by atoms with E-state index in [1.54, 1.807) is 13.8 Å². The highest BCUT2D eigenvalue weighted by molar-refractivity contribution is 7.90. The maximum Gasteiger partial charge on any atom is 0.393 e. The van der Waals surface area contributed by atoms with Crippen LogP contribution < -0.4 is 15.4 Å². The quantitative estimate of drug-likeness (QED) is 0.671. The molecule has 1 aromatic heterocycles. The molecular weight excluding hydrogens is 397 g/mol. The van der Waals surface area contributed by atoms with Crippen molar-refractivity contribution in [3.8, 4) is 0 Å². The fourth-order valence-corrected chi connectivity index (χ4v) is 3.33. The van der Waals surface area contributed by atoms with Crippen molar-refractivity contribution in [3.63, 3.8) is 0 Å². The topological polar surface area (TPSA) is 100 Å². The lowest BCUT2D eigenvalue weighted by molar-refractivity contribution is -0.127. The molecule has 0 aliphatic rings. The number of nitrogens with zero attached hydrogens (tertiary/aromatic N) is 1. The molecule has 0 unspecified atom stereocenters. The van der Waals surface area contributed by atoms with Crippen LogP contribution in [0.4, 0.5) is 29.3 Å². The average Bonchev–Trinajstić information content (AvgIpc) is 2.52. The van der Waals surface area contributed by atoms with Crippen LogP contribution in [0.5, 0.6) is 0 Å². The zero-order chi connectivity index (χ0) is 20.9. The molecule has 2 amide bonds. The number of hydrogen-bond donors (Lipinski definition) is 3. The zero-order valence-electron chi connectivity index (χ0n) is 15.0. The van der Waals surface area contributed by atoms with Gasteiger partial charge in [0.2, 0.25) is 0 Å². The Morgan fingerprint density at radius 3 is 2.57 bits per heavy atom. The summed E-state index contributed by atoms with van der Waals surface area (Å²) >= 11 is 0. The van der Waals surface area contributed by atoms with Gasteiger partial charge < -0.3 is 10.6 Å². The summed E-state index contributed by atoms with van der Waals surface area (Å²) in [5, 5.41) is 5.15. The SMILES string of the molecule is CC(C)NC(=O)NS(=O)(=O)c1cnccc1Nc1cccc(CC(F)(F)F)c1. The summed E-state index contributed by atoms with van der Waals surface area (Å²) in [6, 6.07) is 5.66. The van der Waals surface area contributed by atoms with Gasteiger partial charge in [-0.15, -0.1) is 0 Å². The largest absolute Gasteiger partial charge is 0.393 e. The van der Waals surface area contributed by atoms with Crippen LogP contribution in [-0.2, 0) is 16.4 Å². The Kier molecular flexibility index (Phi) is 6.49. The van der Waals surface area contributed by atoms with Crippen LogP contribution in [0.25, 0.3) is 0 Å². The van der Waals surface area contributed by atoms with Crippen molar-refractivity contribution in [2.24, 2.45) is 0 Å². The van der Waals surface area contributed by atoms with E-state index in [0.717, 1.165) is 6.20 Å². The summed E-state index contributed by atoms with van der Waals surface area (Å²) in [5.41, 5.74) is 0.338. The Morgan fingerprint density at radius 1 is 1.21 bits per heavy atom. The van der Waals surface area contributed by atoms with Crippen molar-refractivity contribution < 1.29 is 26.4 Å². The second-order valence-corrected chi connectivity index (χ2v) is 7.87. The molecule has 7 nitrogen and oxygen atoms in total. The van der Waals surface area contributed by atoms with Crippen LogP contribution in [-0.4, -0.2) is 31.7 Å². The Labute approximate surface area is 160 Å². The summed E-state index contributed by atoms with van der Waals surface area (Å²) in [5.74, 6) is 0. The first-order valence-electron chi connectivity index (χ1n) is 8.16. The van der Waals surface area contributed by atoms with Crippen molar-refractivity contribution in [1.82, 2.24) is 15.0 Å². The Hall–Kier alpha value is -2.82. The molecular formula is C17H19F3N4O3S. The molecule has 0 bridgehead atoms. The number of carbonyl (C=O) groups excluding carboxylic acids is 1. The Balaban J connectivity index is 2.27. The molecule has 1 aromatic carbocycles. The number of halogens is 3. The van der Waals surface area contributed by atoms with Gasteiger partial charge in [0, 0.05) is 24.1 Å². The molecule has 2 aromatic rings. The van der Waals surface area contributed by atoms with E-state index in [2.05, 4.69) is 15.6 Å². The van der Waals surface area contributed by atoms with E-state index in [4.69, 9.17) is 0 Å². The van der Waals surface area contributed by atoms with E-state index in [9.17, 15) is 26.4 Å². The third-order valence-corrected chi connectivity index (χ3v) is 4.69. The summed E-state index contributed by atoms with van der Waals surface area (Å²) in [7, 11) is -4.26. The number of urea groups is 1. The highest BCUT2D eigenvalue weighted by Crippen LogP contribution is 2.27. The van der Waals surface area contributed by atoms with Crippen molar-refractivity contribution in [3.05, 3.63) is 48.3 Å². The van der Waals surface area contributed by atoms with Crippen molar-refractivity contribution in [2.45, 2.75) is 37.4 Å². The normalized spacial score (nSPS) is 11.9. The summed E-state index contributed by atoms with van der Waals surface area (Å²) in [6.45, 7) is 3.33. The number of sulfonamides is 1. The monoisotopic (exact) mass is 416 g/mol. The van der Waals surface area contributed by atoms with Crippen molar-refractivity contribution >= 4 is 27.4 Å². The van der Waals surface area contributed by atoms with E-state index < -0.39 is 28.7 Å². The van der Waals surface area contributed by atoms with Gasteiger partial charge in [-0.05, 0) is 37.6 Å². The minimum atomic E-state index is -4.36. The molecule has 0 saturated carbocycles. The van der Waals surface area contributed by atoms with Gasteiger partial charge in [-0.2, -0.15) is 13.2 Å². The zero-order valence-corrected chi connectivity index (χ0v) is 15.9. The van der Waals surface area contributed by atoms with Gasteiger partial charge in [0.15, 0.2) is 0 Å². The molecule has 0 fully saturated rings. The van der Waals surface area contributed by atoms with Crippen LogP contribution in [0, 0.1) is 0 Å². The van der Waals surface area contributed by atoms with E-state index in [1.807, 2.05) is 4.72 Å². The fourth-order valence-electron chi connectivity index (χ4n) is 2.31. The number of anilines is 2. The molecule has 0 spiro atoms. The third kappa shape index (κ3) is 6.41. The van der Waals surface area contributed by atoms with Crippen molar-refractivity contribution in [1.29, 1.82) is 0 Å². The van der Waals surface area contributed by atoms with Gasteiger partial charge in [0.1, 0.15) is 4.90 Å². The van der Waals surface area contributed by atoms with Gasteiger partial charge in [0.05, 0.1) is 12.1 Å². The molecule has 0 saturated heterocycles. The predicted octanol–water partition coefficient (Wildman–Crippen LogP) is 3.33. The molecule has 0 aliphatic carbocycles. The molecule has 11 heteroatoms. The average molecular weight is 416 g/mol. The summed E-state index contributed by atoms with van der Waals surface area (Å²) < 4.78 is 64.6. The van der Waals surface area contributed by atoms with Gasteiger partial charge >= 0.3 is 12.2 Å². The number of amides is 2. The molecule has 28 heavy (non-hydrogen) atoms. The number of hydrogen-bond acceptors (Lipinski definition) is 5. The van der Waals surface area contributed by atoms with E-state index in [1.165, 1.54) is 36.5 Å². The highest BCUT2D eigenvalue weighted by Gasteiger charge is 2.27. The van der Waals surface area contributed by atoms with E-state index in [-0.39, 0.29) is 27.9 Å². The van der Waals surface area contributed by atoms with E-state index >= 15 is 0 Å². The number of alkyl halides is 3. The fraction of sp³-hybridized carbons (Fsp3) is 0.294.